The average molecular weight is 291 g/mol. The molecule has 88 valence electrons. The highest BCUT2D eigenvalue weighted by Gasteiger charge is 2.22. The number of nitrogens with zero attached hydrogens (tertiary/aromatic N) is 1. The molecule has 1 saturated heterocycles. The number of benzene rings is 1. The zero-order valence-electron chi connectivity index (χ0n) is 8.93. The molecular weight excluding hydrogens is 278 g/mol. The van der Waals surface area contributed by atoms with E-state index in [1.165, 1.54) is 6.07 Å². The summed E-state index contributed by atoms with van der Waals surface area (Å²) in [6.07, 6.45) is 0. The summed E-state index contributed by atoms with van der Waals surface area (Å²) in [7, 11) is 0. The largest absolute Gasteiger partial charge is 0.364 e. The first kappa shape index (κ1) is 11.8. The second-order valence-electron chi connectivity index (χ2n) is 3.96. The molecule has 2 nitrogen and oxygen atoms in total. The first-order valence-electron chi connectivity index (χ1n) is 5.21. The van der Waals surface area contributed by atoms with Crippen LogP contribution in [0.2, 0.25) is 0 Å². The van der Waals surface area contributed by atoms with Crippen molar-refractivity contribution in [3.05, 3.63) is 28.2 Å². The van der Waals surface area contributed by atoms with E-state index in [2.05, 4.69) is 21.2 Å². The third-order valence-electron chi connectivity index (χ3n) is 2.80. The molecule has 1 aliphatic heterocycles. The predicted molar refractivity (Wildman–Crippen MR) is 63.7 cm³/mol. The van der Waals surface area contributed by atoms with Crippen molar-refractivity contribution < 1.29 is 8.78 Å². The van der Waals surface area contributed by atoms with Crippen LogP contribution < -0.4 is 10.2 Å². The van der Waals surface area contributed by atoms with E-state index in [0.29, 0.717) is 10.2 Å². The maximum absolute atomic E-state index is 13.7. The molecule has 2 rings (SSSR count). The van der Waals surface area contributed by atoms with Crippen LogP contribution in [0.5, 0.6) is 0 Å². The summed E-state index contributed by atoms with van der Waals surface area (Å²) in [6, 6.07) is 2.64. The van der Waals surface area contributed by atoms with Crippen molar-refractivity contribution >= 4 is 21.6 Å². The second-order valence-corrected chi connectivity index (χ2v) is 4.82. The van der Waals surface area contributed by atoms with Gasteiger partial charge in [-0.2, -0.15) is 0 Å². The number of piperazine rings is 1. The topological polar surface area (TPSA) is 15.3 Å². The van der Waals surface area contributed by atoms with Crippen molar-refractivity contribution in [2.75, 3.05) is 24.5 Å². The molecule has 0 radical (unpaired) electrons. The van der Waals surface area contributed by atoms with Gasteiger partial charge in [-0.25, -0.2) is 8.78 Å². The van der Waals surface area contributed by atoms with E-state index in [9.17, 15) is 8.78 Å². The van der Waals surface area contributed by atoms with E-state index in [1.807, 2.05) is 11.8 Å². The van der Waals surface area contributed by atoms with Gasteiger partial charge in [-0.05, 0) is 28.9 Å². The quantitative estimate of drug-likeness (QED) is 0.800. The van der Waals surface area contributed by atoms with Gasteiger partial charge in [0, 0.05) is 31.7 Å². The van der Waals surface area contributed by atoms with Crippen LogP contribution in [0.15, 0.2) is 16.6 Å². The molecule has 1 fully saturated rings. The molecule has 0 bridgehead atoms. The molecule has 1 aromatic carbocycles. The van der Waals surface area contributed by atoms with Gasteiger partial charge in [-0.15, -0.1) is 0 Å². The molecule has 1 aromatic rings. The predicted octanol–water partition coefficient (Wildman–Crippen LogP) is 2.53. The molecule has 5 heteroatoms. The average Bonchev–Trinajstić information content (AvgIpc) is 2.25. The summed E-state index contributed by atoms with van der Waals surface area (Å²) in [4.78, 5) is 1.95. The zero-order valence-corrected chi connectivity index (χ0v) is 10.5. The van der Waals surface area contributed by atoms with Gasteiger partial charge in [0.1, 0.15) is 11.6 Å². The lowest BCUT2D eigenvalue weighted by molar-refractivity contribution is 0.488. The molecule has 1 aliphatic rings. The van der Waals surface area contributed by atoms with Crippen LogP contribution in [0, 0.1) is 11.6 Å². The Balaban J connectivity index is 2.35. The standard InChI is InChI=1S/C11H13BrF2N2/c1-7-6-15-2-3-16(7)11-4-8(12)9(13)5-10(11)14/h4-5,7,15H,2-3,6H2,1H3. The lowest BCUT2D eigenvalue weighted by Crippen LogP contribution is -2.50. The summed E-state index contributed by atoms with van der Waals surface area (Å²) in [6.45, 7) is 4.38. The maximum Gasteiger partial charge on any atom is 0.149 e. The van der Waals surface area contributed by atoms with Gasteiger partial charge in [0.25, 0.3) is 0 Å². The van der Waals surface area contributed by atoms with E-state index in [0.717, 1.165) is 25.7 Å². The number of hydrogen-bond acceptors (Lipinski definition) is 2. The summed E-state index contributed by atoms with van der Waals surface area (Å²) in [5.74, 6) is -1.07. The Kier molecular flexibility index (Phi) is 3.44. The van der Waals surface area contributed by atoms with Gasteiger partial charge in [-0.1, -0.05) is 0 Å². The Morgan fingerprint density at radius 3 is 2.81 bits per heavy atom. The minimum absolute atomic E-state index is 0.209. The first-order chi connectivity index (χ1) is 7.59. The summed E-state index contributed by atoms with van der Waals surface area (Å²) in [5.41, 5.74) is 0.460. The van der Waals surface area contributed by atoms with Crippen LogP contribution in [0.3, 0.4) is 0 Å². The third-order valence-corrected chi connectivity index (χ3v) is 3.41. The van der Waals surface area contributed by atoms with Crippen LogP contribution in [0.25, 0.3) is 0 Å². The highest BCUT2D eigenvalue weighted by Crippen LogP contribution is 2.28. The second kappa shape index (κ2) is 4.67. The van der Waals surface area contributed by atoms with Crippen LogP contribution in [-0.2, 0) is 0 Å². The Morgan fingerprint density at radius 1 is 1.38 bits per heavy atom. The fourth-order valence-electron chi connectivity index (χ4n) is 1.93. The third kappa shape index (κ3) is 2.20. The molecular formula is C11H13BrF2N2. The molecule has 1 heterocycles. The van der Waals surface area contributed by atoms with Crippen LogP contribution >= 0.6 is 15.9 Å². The van der Waals surface area contributed by atoms with Crippen LogP contribution in [0.4, 0.5) is 14.5 Å². The lowest BCUT2D eigenvalue weighted by Gasteiger charge is -2.36. The van der Waals surface area contributed by atoms with Gasteiger partial charge in [0.15, 0.2) is 0 Å². The summed E-state index contributed by atoms with van der Waals surface area (Å²) >= 11 is 3.08. The Bertz CT molecular complexity index is 398. The zero-order chi connectivity index (χ0) is 11.7. The van der Waals surface area contributed by atoms with E-state index in [1.54, 1.807) is 0 Å². The normalized spacial score (nSPS) is 21.2. The van der Waals surface area contributed by atoms with Gasteiger partial charge in [-0.3, -0.25) is 0 Å². The number of anilines is 1. The van der Waals surface area contributed by atoms with Crippen LogP contribution in [-0.4, -0.2) is 25.7 Å². The van der Waals surface area contributed by atoms with E-state index >= 15 is 0 Å². The highest BCUT2D eigenvalue weighted by molar-refractivity contribution is 9.10. The number of hydrogen-bond donors (Lipinski definition) is 1. The molecule has 0 saturated carbocycles. The first-order valence-corrected chi connectivity index (χ1v) is 6.01. The van der Waals surface area contributed by atoms with Gasteiger partial charge in [0.05, 0.1) is 10.2 Å². The lowest BCUT2D eigenvalue weighted by atomic mass is 10.1. The molecule has 1 N–H and O–H groups in total. The fourth-order valence-corrected chi connectivity index (χ4v) is 2.26. The van der Waals surface area contributed by atoms with E-state index in [4.69, 9.17) is 0 Å². The Labute approximate surface area is 102 Å². The highest BCUT2D eigenvalue weighted by atomic mass is 79.9. The molecule has 0 spiro atoms. The van der Waals surface area contributed by atoms with Gasteiger partial charge in [0.2, 0.25) is 0 Å². The summed E-state index contributed by atoms with van der Waals surface area (Å²) in [5, 5.41) is 3.23. The minimum Gasteiger partial charge on any atom is -0.364 e. The minimum atomic E-state index is -0.566. The molecule has 0 aliphatic carbocycles. The number of halogens is 3. The van der Waals surface area contributed by atoms with Crippen LogP contribution in [0.1, 0.15) is 6.92 Å². The molecule has 1 atom stereocenters. The Morgan fingerprint density at radius 2 is 2.12 bits per heavy atom. The van der Waals surface area contributed by atoms with Crippen molar-refractivity contribution in [1.29, 1.82) is 0 Å². The van der Waals surface area contributed by atoms with Gasteiger partial charge >= 0.3 is 0 Å². The monoisotopic (exact) mass is 290 g/mol. The van der Waals surface area contributed by atoms with Crippen molar-refractivity contribution in [1.82, 2.24) is 5.32 Å². The van der Waals surface area contributed by atoms with Crippen molar-refractivity contribution in [2.45, 2.75) is 13.0 Å². The number of rotatable bonds is 1. The smallest absolute Gasteiger partial charge is 0.149 e. The van der Waals surface area contributed by atoms with Crippen molar-refractivity contribution in [3.63, 3.8) is 0 Å². The van der Waals surface area contributed by atoms with Crippen molar-refractivity contribution in [2.24, 2.45) is 0 Å². The Hall–Kier alpha value is -0.680. The van der Waals surface area contributed by atoms with Crippen molar-refractivity contribution in [3.8, 4) is 0 Å². The van der Waals surface area contributed by atoms with Gasteiger partial charge < -0.3 is 10.2 Å². The number of nitrogens with one attached hydrogen (secondary N) is 1. The molecule has 16 heavy (non-hydrogen) atoms. The van der Waals surface area contributed by atoms with E-state index in [-0.39, 0.29) is 6.04 Å². The molecule has 1 unspecified atom stereocenters. The molecule has 0 aromatic heterocycles. The van der Waals surface area contributed by atoms with E-state index < -0.39 is 11.6 Å². The summed E-state index contributed by atoms with van der Waals surface area (Å²) < 4.78 is 27.1. The SMILES string of the molecule is CC1CNCCN1c1cc(Br)c(F)cc1F. The fraction of sp³-hybridized carbons (Fsp3) is 0.455. The molecule has 0 amide bonds. The maximum atomic E-state index is 13.7.